The van der Waals surface area contributed by atoms with Crippen LogP contribution in [0, 0.1) is 6.92 Å². The van der Waals surface area contributed by atoms with Crippen molar-refractivity contribution in [1.82, 2.24) is 5.32 Å². The maximum absolute atomic E-state index is 6.23. The van der Waals surface area contributed by atoms with Crippen molar-refractivity contribution < 1.29 is 4.74 Å². The van der Waals surface area contributed by atoms with E-state index in [0.29, 0.717) is 18.1 Å². The number of hydrogen-bond donors (Lipinski definition) is 1. The highest BCUT2D eigenvalue weighted by molar-refractivity contribution is 6.31. The highest BCUT2D eigenvalue weighted by Gasteiger charge is 2.41. The summed E-state index contributed by atoms with van der Waals surface area (Å²) < 4.78 is 5.57. The van der Waals surface area contributed by atoms with Crippen molar-refractivity contribution >= 4 is 17.3 Å². The number of ether oxygens (including phenoxy) is 1. The summed E-state index contributed by atoms with van der Waals surface area (Å²) in [5, 5.41) is 4.23. The Kier molecular flexibility index (Phi) is 3.83. The van der Waals surface area contributed by atoms with Gasteiger partial charge in [0.2, 0.25) is 0 Å². The van der Waals surface area contributed by atoms with E-state index >= 15 is 0 Å². The largest absolute Gasteiger partial charge is 0.495 e. The molecule has 0 radical (unpaired) electrons. The normalized spacial score (nSPS) is 28.8. The number of anilines is 1. The van der Waals surface area contributed by atoms with Gasteiger partial charge in [-0.05, 0) is 51.3 Å². The van der Waals surface area contributed by atoms with E-state index in [9.17, 15) is 0 Å². The van der Waals surface area contributed by atoms with Crippen LogP contribution in [-0.4, -0.2) is 32.3 Å². The molecule has 2 aliphatic rings. The Labute approximate surface area is 126 Å². The highest BCUT2D eigenvalue weighted by atomic mass is 35.5. The van der Waals surface area contributed by atoms with Gasteiger partial charge in [0.25, 0.3) is 0 Å². The average molecular weight is 295 g/mol. The maximum atomic E-state index is 6.23. The van der Waals surface area contributed by atoms with Gasteiger partial charge in [0.15, 0.2) is 0 Å². The van der Waals surface area contributed by atoms with Gasteiger partial charge in [-0.2, -0.15) is 0 Å². The molecule has 0 spiro atoms. The van der Waals surface area contributed by atoms with E-state index in [1.807, 2.05) is 6.07 Å². The van der Waals surface area contributed by atoms with Gasteiger partial charge in [-0.15, -0.1) is 0 Å². The zero-order valence-electron chi connectivity index (χ0n) is 12.4. The molecule has 2 bridgehead atoms. The predicted molar refractivity (Wildman–Crippen MR) is 84.1 cm³/mol. The lowest BCUT2D eigenvalue weighted by Gasteiger charge is -2.41. The molecule has 0 aromatic heterocycles. The first kappa shape index (κ1) is 14.0. The molecule has 2 aliphatic heterocycles. The standard InChI is InChI=1S/C16H23ClN2O/c1-10-6-15(16(20-3)9-14(10)17)19-12-4-5-13(19)8-11(7-12)18-2/h6,9,11-13,18H,4-5,7-8H2,1-3H3. The number of nitrogens with one attached hydrogen (secondary N) is 1. The van der Waals surface area contributed by atoms with Gasteiger partial charge in [-0.25, -0.2) is 0 Å². The number of methoxy groups -OCH3 is 1. The highest BCUT2D eigenvalue weighted by Crippen LogP contribution is 2.44. The van der Waals surface area contributed by atoms with Crippen molar-refractivity contribution in [1.29, 1.82) is 0 Å². The Bertz CT molecular complexity index is 491. The van der Waals surface area contributed by atoms with E-state index in [1.54, 1.807) is 7.11 Å². The third-order valence-electron chi connectivity index (χ3n) is 4.88. The second kappa shape index (κ2) is 5.45. The number of rotatable bonds is 3. The molecule has 3 nitrogen and oxygen atoms in total. The Morgan fingerprint density at radius 2 is 1.90 bits per heavy atom. The first-order valence-corrected chi connectivity index (χ1v) is 7.81. The maximum Gasteiger partial charge on any atom is 0.143 e. The van der Waals surface area contributed by atoms with Crippen molar-refractivity contribution in [3.8, 4) is 5.75 Å². The summed E-state index contributed by atoms with van der Waals surface area (Å²) in [4.78, 5) is 2.58. The van der Waals surface area contributed by atoms with Crippen LogP contribution in [0.3, 0.4) is 0 Å². The second-order valence-corrected chi connectivity index (χ2v) is 6.43. The first-order valence-electron chi connectivity index (χ1n) is 7.43. The van der Waals surface area contributed by atoms with Crippen LogP contribution in [0.15, 0.2) is 12.1 Å². The van der Waals surface area contributed by atoms with Crippen molar-refractivity contribution in [2.75, 3.05) is 19.1 Å². The Balaban J connectivity index is 1.96. The summed E-state index contributed by atoms with van der Waals surface area (Å²) in [6, 6.07) is 6.05. The molecule has 2 fully saturated rings. The fraction of sp³-hybridized carbons (Fsp3) is 0.625. The number of hydrogen-bond acceptors (Lipinski definition) is 3. The van der Waals surface area contributed by atoms with Crippen molar-refractivity contribution in [3.05, 3.63) is 22.7 Å². The van der Waals surface area contributed by atoms with Crippen LogP contribution in [-0.2, 0) is 0 Å². The van der Waals surface area contributed by atoms with E-state index in [4.69, 9.17) is 16.3 Å². The summed E-state index contributed by atoms with van der Waals surface area (Å²) in [6.07, 6.45) is 5.01. The Morgan fingerprint density at radius 1 is 1.25 bits per heavy atom. The first-order chi connectivity index (χ1) is 9.63. The van der Waals surface area contributed by atoms with E-state index < -0.39 is 0 Å². The molecule has 2 heterocycles. The van der Waals surface area contributed by atoms with Crippen LogP contribution in [0.2, 0.25) is 5.02 Å². The number of fused-ring (bicyclic) bond motifs is 2. The van der Waals surface area contributed by atoms with E-state index in [2.05, 4.69) is 30.3 Å². The summed E-state index contributed by atoms with van der Waals surface area (Å²) in [6.45, 7) is 2.06. The van der Waals surface area contributed by atoms with Crippen LogP contribution in [0.5, 0.6) is 5.75 Å². The molecule has 1 aromatic carbocycles. The minimum atomic E-state index is 0.626. The molecule has 1 N–H and O–H groups in total. The van der Waals surface area contributed by atoms with Gasteiger partial charge in [-0.3, -0.25) is 0 Å². The Hall–Kier alpha value is -0.930. The van der Waals surface area contributed by atoms with Gasteiger partial charge < -0.3 is 15.0 Å². The van der Waals surface area contributed by atoms with E-state index in [0.717, 1.165) is 16.3 Å². The van der Waals surface area contributed by atoms with Crippen LogP contribution in [0.1, 0.15) is 31.2 Å². The lowest BCUT2D eigenvalue weighted by atomic mass is 9.96. The molecular weight excluding hydrogens is 272 g/mol. The summed E-state index contributed by atoms with van der Waals surface area (Å²) in [5.74, 6) is 0.903. The predicted octanol–water partition coefficient (Wildman–Crippen LogP) is 3.38. The minimum absolute atomic E-state index is 0.626. The van der Waals surface area contributed by atoms with Gasteiger partial charge in [0.1, 0.15) is 5.75 Å². The summed E-state index contributed by atoms with van der Waals surface area (Å²) >= 11 is 6.23. The zero-order valence-corrected chi connectivity index (χ0v) is 13.2. The number of piperidine rings is 1. The van der Waals surface area contributed by atoms with Crippen molar-refractivity contribution in [2.45, 2.75) is 50.7 Å². The second-order valence-electron chi connectivity index (χ2n) is 6.02. The molecule has 0 saturated carbocycles. The van der Waals surface area contributed by atoms with Crippen molar-refractivity contribution in [3.63, 3.8) is 0 Å². The molecule has 20 heavy (non-hydrogen) atoms. The topological polar surface area (TPSA) is 24.5 Å². The number of benzene rings is 1. The monoisotopic (exact) mass is 294 g/mol. The third-order valence-corrected chi connectivity index (χ3v) is 5.29. The average Bonchev–Trinajstić information content (AvgIpc) is 2.71. The fourth-order valence-electron chi connectivity index (χ4n) is 3.82. The Morgan fingerprint density at radius 3 is 2.45 bits per heavy atom. The molecule has 2 unspecified atom stereocenters. The van der Waals surface area contributed by atoms with Crippen LogP contribution >= 0.6 is 11.6 Å². The molecule has 2 atom stereocenters. The minimum Gasteiger partial charge on any atom is -0.495 e. The summed E-state index contributed by atoms with van der Waals surface area (Å²) in [5.41, 5.74) is 2.34. The molecule has 0 aliphatic carbocycles. The zero-order chi connectivity index (χ0) is 14.3. The van der Waals surface area contributed by atoms with E-state index in [1.165, 1.54) is 31.4 Å². The third kappa shape index (κ3) is 2.27. The van der Waals surface area contributed by atoms with Gasteiger partial charge in [-0.1, -0.05) is 11.6 Å². The van der Waals surface area contributed by atoms with Crippen LogP contribution in [0.25, 0.3) is 0 Å². The molecule has 0 amide bonds. The summed E-state index contributed by atoms with van der Waals surface area (Å²) in [7, 11) is 3.81. The molecule has 4 heteroatoms. The van der Waals surface area contributed by atoms with Gasteiger partial charge >= 0.3 is 0 Å². The number of halogens is 1. The SMILES string of the molecule is CNC1CC2CCC(C1)N2c1cc(C)c(Cl)cc1OC. The molecule has 2 saturated heterocycles. The number of nitrogens with zero attached hydrogens (tertiary/aromatic N) is 1. The molecule has 3 rings (SSSR count). The van der Waals surface area contributed by atoms with E-state index in [-0.39, 0.29) is 0 Å². The van der Waals surface area contributed by atoms with Crippen molar-refractivity contribution in [2.24, 2.45) is 0 Å². The smallest absolute Gasteiger partial charge is 0.143 e. The lowest BCUT2D eigenvalue weighted by molar-refractivity contribution is 0.365. The van der Waals surface area contributed by atoms with Crippen LogP contribution < -0.4 is 15.0 Å². The lowest BCUT2D eigenvalue weighted by Crippen LogP contribution is -2.48. The quantitative estimate of drug-likeness (QED) is 0.925. The molecule has 1 aromatic rings. The van der Waals surface area contributed by atoms with Gasteiger partial charge in [0, 0.05) is 29.2 Å². The fourth-order valence-corrected chi connectivity index (χ4v) is 3.97. The number of aryl methyl sites for hydroxylation is 1. The molecular formula is C16H23ClN2O. The van der Waals surface area contributed by atoms with Crippen LogP contribution in [0.4, 0.5) is 5.69 Å². The molecule has 110 valence electrons. The van der Waals surface area contributed by atoms with Gasteiger partial charge in [0.05, 0.1) is 12.8 Å².